The van der Waals surface area contributed by atoms with E-state index in [4.69, 9.17) is 11.6 Å². The number of carbonyl (C=O) groups excluding carboxylic acids is 1. The van der Waals surface area contributed by atoms with Crippen LogP contribution in [0.25, 0.3) is 10.9 Å². The molecular weight excluding hydrogens is 436 g/mol. The number of hydrogen-bond acceptors (Lipinski definition) is 5. The fourth-order valence-electron chi connectivity index (χ4n) is 3.67. The standard InChI is InChI=1S/C22H23ClN4O3S/c1-2-26-11-13-27(14-12-26)31(29,30)17-8-9-19(23)18(15-17)22(28)25-20-7-3-5-16-6-4-10-24-21(16)20/h3-10,15H,2,11-14H2,1H3,(H,25,28). The molecule has 9 heteroatoms. The van der Waals surface area contributed by atoms with Crippen LogP contribution in [0.3, 0.4) is 0 Å². The maximum atomic E-state index is 13.1. The Balaban J connectivity index is 1.61. The molecule has 4 rings (SSSR count). The van der Waals surface area contributed by atoms with Crippen LogP contribution in [0.2, 0.25) is 5.02 Å². The minimum atomic E-state index is -3.72. The highest BCUT2D eigenvalue weighted by Crippen LogP contribution is 2.26. The maximum absolute atomic E-state index is 13.1. The second kappa shape index (κ2) is 8.92. The van der Waals surface area contributed by atoms with Crippen molar-refractivity contribution in [3.63, 3.8) is 0 Å². The van der Waals surface area contributed by atoms with Crippen molar-refractivity contribution in [1.29, 1.82) is 0 Å². The number of fused-ring (bicyclic) bond motifs is 1. The average molecular weight is 459 g/mol. The third-order valence-corrected chi connectivity index (χ3v) is 7.70. The van der Waals surface area contributed by atoms with Crippen LogP contribution >= 0.6 is 11.6 Å². The summed E-state index contributed by atoms with van der Waals surface area (Å²) in [6, 6.07) is 13.4. The van der Waals surface area contributed by atoms with Crippen LogP contribution in [0.4, 0.5) is 5.69 Å². The monoisotopic (exact) mass is 458 g/mol. The minimum Gasteiger partial charge on any atom is -0.320 e. The molecule has 0 saturated carbocycles. The van der Waals surface area contributed by atoms with E-state index in [0.717, 1.165) is 11.9 Å². The number of likely N-dealkylation sites (N-methyl/N-ethyl adjacent to an activating group) is 1. The first-order chi connectivity index (χ1) is 14.9. The van der Waals surface area contributed by atoms with Crippen molar-refractivity contribution < 1.29 is 13.2 Å². The van der Waals surface area contributed by atoms with Gasteiger partial charge >= 0.3 is 0 Å². The Morgan fingerprint density at radius 2 is 1.84 bits per heavy atom. The van der Waals surface area contributed by atoms with Crippen LogP contribution in [0.15, 0.2) is 59.6 Å². The van der Waals surface area contributed by atoms with E-state index < -0.39 is 15.9 Å². The van der Waals surface area contributed by atoms with Crippen LogP contribution in [0.1, 0.15) is 17.3 Å². The van der Waals surface area contributed by atoms with Gasteiger partial charge in [-0.25, -0.2) is 8.42 Å². The number of para-hydroxylation sites is 1. The molecule has 0 unspecified atom stereocenters. The zero-order valence-corrected chi connectivity index (χ0v) is 18.7. The first-order valence-electron chi connectivity index (χ1n) is 10.1. The lowest BCUT2D eigenvalue weighted by molar-refractivity contribution is 0.102. The van der Waals surface area contributed by atoms with Gasteiger partial charge in [-0.2, -0.15) is 4.31 Å². The molecule has 0 radical (unpaired) electrons. The molecule has 0 atom stereocenters. The largest absolute Gasteiger partial charge is 0.320 e. The van der Waals surface area contributed by atoms with Crippen molar-refractivity contribution >= 4 is 44.1 Å². The third-order valence-electron chi connectivity index (χ3n) is 5.48. The molecular formula is C22H23ClN4O3S. The average Bonchev–Trinajstić information content (AvgIpc) is 2.79. The molecule has 0 aliphatic carbocycles. The molecule has 3 aromatic rings. The van der Waals surface area contributed by atoms with Crippen LogP contribution < -0.4 is 5.32 Å². The van der Waals surface area contributed by atoms with Gasteiger partial charge in [0.05, 0.1) is 26.7 Å². The first-order valence-corrected chi connectivity index (χ1v) is 11.9. The number of pyridine rings is 1. The molecule has 7 nitrogen and oxygen atoms in total. The van der Waals surface area contributed by atoms with Crippen molar-refractivity contribution in [3.8, 4) is 0 Å². The number of amides is 1. The molecule has 1 aromatic heterocycles. The Morgan fingerprint density at radius 3 is 2.58 bits per heavy atom. The van der Waals surface area contributed by atoms with Crippen molar-refractivity contribution in [1.82, 2.24) is 14.2 Å². The topological polar surface area (TPSA) is 82.6 Å². The Labute approximate surface area is 186 Å². The van der Waals surface area contributed by atoms with Crippen LogP contribution in [0.5, 0.6) is 0 Å². The molecule has 1 aliphatic rings. The van der Waals surface area contributed by atoms with Crippen LogP contribution in [-0.4, -0.2) is 61.2 Å². The molecule has 1 saturated heterocycles. The lowest BCUT2D eigenvalue weighted by Crippen LogP contribution is -2.48. The highest BCUT2D eigenvalue weighted by atomic mass is 35.5. The normalized spacial score (nSPS) is 15.8. The summed E-state index contributed by atoms with van der Waals surface area (Å²) in [4.78, 5) is 19.6. The highest BCUT2D eigenvalue weighted by molar-refractivity contribution is 7.89. The Kier molecular flexibility index (Phi) is 6.24. The molecule has 0 spiro atoms. The van der Waals surface area contributed by atoms with E-state index in [1.165, 1.54) is 22.5 Å². The van der Waals surface area contributed by atoms with E-state index in [1.807, 2.05) is 24.3 Å². The predicted octanol–water partition coefficient (Wildman–Crippen LogP) is 3.47. The van der Waals surface area contributed by atoms with Gasteiger partial charge < -0.3 is 10.2 Å². The van der Waals surface area contributed by atoms with Gasteiger partial charge in [0.15, 0.2) is 0 Å². The molecule has 1 fully saturated rings. The van der Waals surface area contributed by atoms with Gasteiger partial charge in [-0.1, -0.05) is 36.7 Å². The Bertz CT molecular complexity index is 1220. The summed E-state index contributed by atoms with van der Waals surface area (Å²) in [5.41, 5.74) is 1.28. The van der Waals surface area contributed by atoms with Crippen molar-refractivity contribution in [2.75, 3.05) is 38.0 Å². The van der Waals surface area contributed by atoms with Gasteiger partial charge in [0, 0.05) is 37.8 Å². The molecule has 31 heavy (non-hydrogen) atoms. The van der Waals surface area contributed by atoms with Crippen molar-refractivity contribution in [3.05, 3.63) is 65.3 Å². The van der Waals surface area contributed by atoms with E-state index in [9.17, 15) is 13.2 Å². The summed E-state index contributed by atoms with van der Waals surface area (Å²) in [5, 5.41) is 3.88. The number of hydrogen-bond donors (Lipinski definition) is 1. The van der Waals surface area contributed by atoms with Gasteiger partial charge in [-0.3, -0.25) is 9.78 Å². The third kappa shape index (κ3) is 4.43. The summed E-state index contributed by atoms with van der Waals surface area (Å²) in [6.07, 6.45) is 1.65. The zero-order valence-electron chi connectivity index (χ0n) is 17.1. The van der Waals surface area contributed by atoms with Gasteiger partial charge in [-0.05, 0) is 36.9 Å². The van der Waals surface area contributed by atoms with Crippen LogP contribution in [0, 0.1) is 0 Å². The number of nitrogens with zero attached hydrogens (tertiary/aromatic N) is 3. The molecule has 0 bridgehead atoms. The predicted molar refractivity (Wildman–Crippen MR) is 122 cm³/mol. The molecule has 2 aromatic carbocycles. The first kappa shape index (κ1) is 21.7. The van der Waals surface area contributed by atoms with Gasteiger partial charge in [0.1, 0.15) is 0 Å². The molecule has 162 valence electrons. The van der Waals surface area contributed by atoms with E-state index in [0.29, 0.717) is 37.4 Å². The Hall–Kier alpha value is -2.52. The van der Waals surface area contributed by atoms with E-state index in [1.54, 1.807) is 12.3 Å². The van der Waals surface area contributed by atoms with Crippen LogP contribution in [-0.2, 0) is 10.0 Å². The number of sulfonamides is 1. The van der Waals surface area contributed by atoms with Gasteiger partial charge in [-0.15, -0.1) is 0 Å². The number of aromatic nitrogens is 1. The zero-order chi connectivity index (χ0) is 22.0. The summed E-state index contributed by atoms with van der Waals surface area (Å²) in [5.74, 6) is -0.490. The smallest absolute Gasteiger partial charge is 0.257 e. The summed E-state index contributed by atoms with van der Waals surface area (Å²) in [6.45, 7) is 5.15. The molecule has 1 aliphatic heterocycles. The lowest BCUT2D eigenvalue weighted by Gasteiger charge is -2.33. The summed E-state index contributed by atoms with van der Waals surface area (Å²) >= 11 is 6.26. The summed E-state index contributed by atoms with van der Waals surface area (Å²) < 4.78 is 27.7. The second-order valence-corrected chi connectivity index (χ2v) is 9.66. The van der Waals surface area contributed by atoms with Crippen molar-refractivity contribution in [2.45, 2.75) is 11.8 Å². The number of piperazine rings is 1. The molecule has 2 heterocycles. The quantitative estimate of drug-likeness (QED) is 0.633. The number of anilines is 1. The summed E-state index contributed by atoms with van der Waals surface area (Å²) in [7, 11) is -3.72. The number of carbonyl (C=O) groups is 1. The molecule has 1 N–H and O–H groups in total. The fraction of sp³-hybridized carbons (Fsp3) is 0.273. The molecule has 1 amide bonds. The highest BCUT2D eigenvalue weighted by Gasteiger charge is 2.29. The number of nitrogens with one attached hydrogen (secondary N) is 1. The SMILES string of the molecule is CCN1CCN(S(=O)(=O)c2ccc(Cl)c(C(=O)Nc3cccc4cccnc34)c2)CC1. The number of rotatable bonds is 5. The van der Waals surface area contributed by atoms with E-state index >= 15 is 0 Å². The van der Waals surface area contributed by atoms with Crippen molar-refractivity contribution in [2.24, 2.45) is 0 Å². The minimum absolute atomic E-state index is 0.0584. The number of halogens is 1. The maximum Gasteiger partial charge on any atom is 0.257 e. The van der Waals surface area contributed by atoms with Gasteiger partial charge in [0.2, 0.25) is 10.0 Å². The lowest BCUT2D eigenvalue weighted by atomic mass is 10.1. The fourth-order valence-corrected chi connectivity index (χ4v) is 5.32. The number of benzene rings is 2. The van der Waals surface area contributed by atoms with Gasteiger partial charge in [0.25, 0.3) is 5.91 Å². The van der Waals surface area contributed by atoms with E-state index in [-0.39, 0.29) is 15.5 Å². The Morgan fingerprint density at radius 1 is 1.10 bits per heavy atom. The van der Waals surface area contributed by atoms with E-state index in [2.05, 4.69) is 22.1 Å². The second-order valence-electron chi connectivity index (χ2n) is 7.31.